The van der Waals surface area contributed by atoms with Gasteiger partial charge in [-0.05, 0) is 72.2 Å². The summed E-state index contributed by atoms with van der Waals surface area (Å²) in [4.78, 5) is 17.2. The number of carbonyl (C=O) groups excluding carboxylic acids is 1. The van der Waals surface area contributed by atoms with Crippen LogP contribution < -0.4 is 14.2 Å². The number of hydrogen-bond acceptors (Lipinski definition) is 6. The number of methoxy groups -OCH3 is 2. The Balaban J connectivity index is 1.37. The highest BCUT2D eigenvalue weighted by molar-refractivity contribution is 7.15. The van der Waals surface area contributed by atoms with Crippen molar-refractivity contribution in [1.29, 1.82) is 0 Å². The summed E-state index contributed by atoms with van der Waals surface area (Å²) in [5.74, 6) is 2.76. The Morgan fingerprint density at radius 3 is 2.61 bits per heavy atom. The molecule has 0 N–H and O–H groups in total. The third-order valence-corrected chi connectivity index (χ3v) is 7.70. The van der Waals surface area contributed by atoms with Gasteiger partial charge in [0, 0.05) is 29.4 Å². The van der Waals surface area contributed by atoms with E-state index in [4.69, 9.17) is 14.2 Å². The van der Waals surface area contributed by atoms with Crippen LogP contribution in [0.2, 0.25) is 0 Å². The molecule has 2 aliphatic rings. The van der Waals surface area contributed by atoms with Crippen molar-refractivity contribution in [2.75, 3.05) is 27.3 Å². The first-order valence-electron chi connectivity index (χ1n) is 11.4. The fourth-order valence-electron chi connectivity index (χ4n) is 4.39. The number of thiophene rings is 1. The first-order chi connectivity index (χ1) is 16.2. The van der Waals surface area contributed by atoms with Crippen molar-refractivity contribution in [2.45, 2.75) is 32.4 Å². The van der Waals surface area contributed by atoms with Gasteiger partial charge in [-0.25, -0.2) is 0 Å². The predicted molar refractivity (Wildman–Crippen MR) is 131 cm³/mol. The minimum absolute atomic E-state index is 0.338. The molecule has 33 heavy (non-hydrogen) atoms. The van der Waals surface area contributed by atoms with Crippen LogP contribution >= 0.6 is 11.3 Å². The number of fused-ring (bicyclic) bond motifs is 1. The lowest BCUT2D eigenvalue weighted by Crippen LogP contribution is -2.31. The van der Waals surface area contributed by atoms with Gasteiger partial charge in [0.1, 0.15) is 12.4 Å². The Morgan fingerprint density at radius 2 is 1.91 bits per heavy atom. The van der Waals surface area contributed by atoms with Crippen LogP contribution in [-0.4, -0.2) is 38.5 Å². The summed E-state index contributed by atoms with van der Waals surface area (Å²) in [5.41, 5.74) is 3.91. The molecule has 5 rings (SSSR count). The first kappa shape index (κ1) is 22.0. The van der Waals surface area contributed by atoms with E-state index in [0.717, 1.165) is 48.6 Å². The number of aldehydes is 1. The average molecular weight is 464 g/mol. The lowest BCUT2D eigenvalue weighted by Gasteiger charge is -2.26. The van der Waals surface area contributed by atoms with E-state index < -0.39 is 0 Å². The minimum Gasteiger partial charge on any atom is -0.497 e. The van der Waals surface area contributed by atoms with Gasteiger partial charge >= 0.3 is 0 Å². The summed E-state index contributed by atoms with van der Waals surface area (Å²) in [6.07, 6.45) is 4.73. The number of benzene rings is 2. The maximum atomic E-state index is 12.0. The molecule has 0 saturated heterocycles. The number of hydrogen-bond donors (Lipinski definition) is 0. The number of rotatable bonds is 9. The summed E-state index contributed by atoms with van der Waals surface area (Å²) < 4.78 is 16.9. The van der Waals surface area contributed by atoms with Gasteiger partial charge in [0.2, 0.25) is 0 Å². The van der Waals surface area contributed by atoms with Crippen LogP contribution in [0.3, 0.4) is 0 Å². The molecule has 0 amide bonds. The molecular weight excluding hydrogens is 434 g/mol. The molecule has 2 heterocycles. The molecule has 0 unspecified atom stereocenters. The SMILES string of the molecule is COc1ccc(COc2c(C=O)cc(-c3cc4c(s3)CCN(CC3CC3)C4)cc2OC)cc1. The van der Waals surface area contributed by atoms with Crippen LogP contribution in [0.25, 0.3) is 10.4 Å². The summed E-state index contributed by atoms with van der Waals surface area (Å²) in [6, 6.07) is 13.9. The smallest absolute Gasteiger partial charge is 0.172 e. The molecule has 2 aromatic carbocycles. The molecular formula is C27H29NO4S. The van der Waals surface area contributed by atoms with Crippen molar-refractivity contribution >= 4 is 17.6 Å². The summed E-state index contributed by atoms with van der Waals surface area (Å²) in [5, 5.41) is 0. The Bertz CT molecular complexity index is 1130. The molecule has 1 aliphatic heterocycles. The van der Waals surface area contributed by atoms with Crippen molar-refractivity contribution in [3.05, 3.63) is 64.0 Å². The van der Waals surface area contributed by atoms with Gasteiger partial charge < -0.3 is 14.2 Å². The van der Waals surface area contributed by atoms with Crippen LogP contribution in [0.1, 0.15) is 39.2 Å². The van der Waals surface area contributed by atoms with E-state index >= 15 is 0 Å². The zero-order chi connectivity index (χ0) is 22.8. The molecule has 3 aromatic rings. The van der Waals surface area contributed by atoms with E-state index in [-0.39, 0.29) is 0 Å². The number of carbonyl (C=O) groups is 1. The molecule has 1 saturated carbocycles. The van der Waals surface area contributed by atoms with Crippen LogP contribution in [0, 0.1) is 5.92 Å². The van der Waals surface area contributed by atoms with Crippen molar-refractivity contribution < 1.29 is 19.0 Å². The fraction of sp³-hybridized carbons (Fsp3) is 0.370. The highest BCUT2D eigenvalue weighted by atomic mass is 32.1. The van der Waals surface area contributed by atoms with E-state index in [1.165, 1.54) is 34.7 Å². The maximum absolute atomic E-state index is 12.0. The fourth-order valence-corrected chi connectivity index (χ4v) is 5.54. The molecule has 1 aromatic heterocycles. The monoisotopic (exact) mass is 463 g/mol. The molecule has 0 radical (unpaired) electrons. The van der Waals surface area contributed by atoms with Gasteiger partial charge in [-0.1, -0.05) is 12.1 Å². The second kappa shape index (κ2) is 9.57. The topological polar surface area (TPSA) is 48.0 Å². The largest absolute Gasteiger partial charge is 0.497 e. The number of ether oxygens (including phenoxy) is 3. The van der Waals surface area contributed by atoms with E-state index in [2.05, 4.69) is 11.0 Å². The number of nitrogens with zero attached hydrogens (tertiary/aromatic N) is 1. The molecule has 1 fully saturated rings. The third-order valence-electron chi connectivity index (χ3n) is 6.42. The van der Waals surface area contributed by atoms with Crippen LogP contribution in [0.5, 0.6) is 17.2 Å². The van der Waals surface area contributed by atoms with Gasteiger partial charge in [0.15, 0.2) is 17.8 Å². The Labute approximate surface area is 198 Å². The first-order valence-corrected chi connectivity index (χ1v) is 12.3. The van der Waals surface area contributed by atoms with Crippen LogP contribution in [0.15, 0.2) is 42.5 Å². The van der Waals surface area contributed by atoms with E-state index in [1.54, 1.807) is 14.2 Å². The quantitative estimate of drug-likeness (QED) is 0.387. The standard InChI is InChI=1S/C27H29NO4S/c1-30-23-7-5-19(6-8-23)17-32-27-22(16-29)11-20(12-24(27)31-2)26-13-21-15-28(14-18-3-4-18)10-9-25(21)33-26/h5-8,11-13,16,18H,3-4,9-10,14-15,17H2,1-2H3. The normalized spacial score (nSPS) is 15.7. The van der Waals surface area contributed by atoms with Gasteiger partial charge in [-0.15, -0.1) is 11.3 Å². The lowest BCUT2D eigenvalue weighted by molar-refractivity contribution is 0.111. The van der Waals surface area contributed by atoms with Gasteiger partial charge in [-0.2, -0.15) is 0 Å². The van der Waals surface area contributed by atoms with E-state index in [1.807, 2.05) is 47.7 Å². The second-order valence-corrected chi connectivity index (χ2v) is 9.98. The summed E-state index contributed by atoms with van der Waals surface area (Å²) in [7, 11) is 3.26. The van der Waals surface area contributed by atoms with Gasteiger partial charge in [0.25, 0.3) is 0 Å². The zero-order valence-electron chi connectivity index (χ0n) is 19.1. The highest BCUT2D eigenvalue weighted by Crippen LogP contribution is 2.41. The highest BCUT2D eigenvalue weighted by Gasteiger charge is 2.27. The van der Waals surface area contributed by atoms with Crippen LogP contribution in [0.4, 0.5) is 0 Å². The molecule has 172 valence electrons. The van der Waals surface area contributed by atoms with E-state index in [9.17, 15) is 4.79 Å². The zero-order valence-corrected chi connectivity index (χ0v) is 20.0. The average Bonchev–Trinajstić information content (AvgIpc) is 3.57. The Hall–Kier alpha value is -2.83. The van der Waals surface area contributed by atoms with Crippen LogP contribution in [-0.2, 0) is 19.6 Å². The Morgan fingerprint density at radius 1 is 1.09 bits per heavy atom. The van der Waals surface area contributed by atoms with Crippen molar-refractivity contribution in [3.8, 4) is 27.7 Å². The van der Waals surface area contributed by atoms with Gasteiger partial charge in [0.05, 0.1) is 19.8 Å². The van der Waals surface area contributed by atoms with Crippen molar-refractivity contribution in [3.63, 3.8) is 0 Å². The van der Waals surface area contributed by atoms with Crippen molar-refractivity contribution in [2.24, 2.45) is 5.92 Å². The summed E-state index contributed by atoms with van der Waals surface area (Å²) >= 11 is 1.83. The molecule has 0 atom stereocenters. The van der Waals surface area contributed by atoms with Crippen molar-refractivity contribution in [1.82, 2.24) is 4.90 Å². The second-order valence-electron chi connectivity index (χ2n) is 8.84. The maximum Gasteiger partial charge on any atom is 0.172 e. The molecule has 6 heteroatoms. The molecule has 0 spiro atoms. The Kier molecular flexibility index (Phi) is 6.38. The predicted octanol–water partition coefficient (Wildman–Crippen LogP) is 5.59. The molecule has 1 aliphatic carbocycles. The summed E-state index contributed by atoms with van der Waals surface area (Å²) in [6.45, 7) is 3.74. The lowest BCUT2D eigenvalue weighted by atomic mass is 10.0. The van der Waals surface area contributed by atoms with E-state index in [0.29, 0.717) is 23.7 Å². The van der Waals surface area contributed by atoms with Gasteiger partial charge in [-0.3, -0.25) is 9.69 Å². The minimum atomic E-state index is 0.338. The third kappa shape index (κ3) is 4.92. The molecule has 5 nitrogen and oxygen atoms in total. The molecule has 0 bridgehead atoms.